The van der Waals surface area contributed by atoms with Gasteiger partial charge in [0.15, 0.2) is 11.5 Å². The molecule has 0 spiro atoms. The number of carbonyl (C=O) groups is 1. The van der Waals surface area contributed by atoms with E-state index in [-0.39, 0.29) is 5.91 Å². The third-order valence-electron chi connectivity index (χ3n) is 4.60. The van der Waals surface area contributed by atoms with Gasteiger partial charge in [0.25, 0.3) is 5.91 Å². The van der Waals surface area contributed by atoms with Crippen LogP contribution in [0.1, 0.15) is 36.0 Å². The van der Waals surface area contributed by atoms with E-state index in [2.05, 4.69) is 20.3 Å². The minimum atomic E-state index is -0.285. The number of rotatable bonds is 3. The summed E-state index contributed by atoms with van der Waals surface area (Å²) in [5.41, 5.74) is 1.11. The average molecular weight is 370 g/mol. The van der Waals surface area contributed by atoms with Gasteiger partial charge in [-0.05, 0) is 37.1 Å². The lowest BCUT2D eigenvalue weighted by Gasteiger charge is -2.20. The summed E-state index contributed by atoms with van der Waals surface area (Å²) in [7, 11) is 0. The largest absolute Gasteiger partial charge is 0.355 e. The predicted molar refractivity (Wildman–Crippen MR) is 103 cm³/mol. The topological polar surface area (TPSA) is 62.5 Å². The molecule has 134 valence electrons. The fourth-order valence-electron chi connectivity index (χ4n) is 3.23. The second kappa shape index (κ2) is 7.33. The standard InChI is InChI=1S/C19H20ClN5O/c20-15-8-4-3-7-14(15)19(26)22-16-13-25-17(21-16)9-10-18(23-25)24-11-5-1-2-6-12-24/h3-4,7-10,13H,1-2,5-6,11-12H2,(H,22,26). The van der Waals surface area contributed by atoms with Gasteiger partial charge in [-0.25, -0.2) is 9.50 Å². The number of benzene rings is 1. The van der Waals surface area contributed by atoms with Crippen molar-refractivity contribution in [3.8, 4) is 0 Å². The molecular weight excluding hydrogens is 350 g/mol. The van der Waals surface area contributed by atoms with Crippen LogP contribution in [-0.4, -0.2) is 33.6 Å². The fraction of sp³-hybridized carbons (Fsp3) is 0.316. The van der Waals surface area contributed by atoms with Crippen LogP contribution in [0.4, 0.5) is 11.6 Å². The van der Waals surface area contributed by atoms with Crippen molar-refractivity contribution >= 4 is 34.8 Å². The minimum absolute atomic E-state index is 0.285. The van der Waals surface area contributed by atoms with Crippen LogP contribution in [0.3, 0.4) is 0 Å². The van der Waals surface area contributed by atoms with Crippen LogP contribution in [0, 0.1) is 0 Å². The summed E-state index contributed by atoms with van der Waals surface area (Å²) in [5, 5.41) is 7.86. The molecule has 3 aromatic rings. The molecule has 1 fully saturated rings. The number of amides is 1. The van der Waals surface area contributed by atoms with Gasteiger partial charge >= 0.3 is 0 Å². The summed E-state index contributed by atoms with van der Waals surface area (Å²) in [6.45, 7) is 2.06. The third kappa shape index (κ3) is 3.51. The van der Waals surface area contributed by atoms with E-state index < -0.39 is 0 Å². The number of carbonyl (C=O) groups excluding carboxylic acids is 1. The molecule has 1 N–H and O–H groups in total. The van der Waals surface area contributed by atoms with Gasteiger partial charge in [-0.15, -0.1) is 5.10 Å². The second-order valence-corrected chi connectivity index (χ2v) is 6.86. The molecule has 3 heterocycles. The Morgan fingerprint density at radius 2 is 1.81 bits per heavy atom. The highest BCUT2D eigenvalue weighted by atomic mass is 35.5. The number of fused-ring (bicyclic) bond motifs is 1. The van der Waals surface area contributed by atoms with E-state index in [1.54, 1.807) is 35.0 Å². The number of imidazole rings is 1. The van der Waals surface area contributed by atoms with Crippen LogP contribution in [0.25, 0.3) is 5.65 Å². The van der Waals surface area contributed by atoms with E-state index in [0.717, 1.165) is 18.9 Å². The van der Waals surface area contributed by atoms with Crippen LogP contribution < -0.4 is 10.2 Å². The van der Waals surface area contributed by atoms with Crippen molar-refractivity contribution in [2.75, 3.05) is 23.3 Å². The van der Waals surface area contributed by atoms with Gasteiger partial charge in [-0.1, -0.05) is 36.6 Å². The zero-order valence-corrected chi connectivity index (χ0v) is 15.1. The number of hydrogen-bond donors (Lipinski definition) is 1. The molecule has 26 heavy (non-hydrogen) atoms. The van der Waals surface area contributed by atoms with Crippen molar-refractivity contribution in [1.29, 1.82) is 0 Å². The summed E-state index contributed by atoms with van der Waals surface area (Å²) in [6, 6.07) is 10.9. The summed E-state index contributed by atoms with van der Waals surface area (Å²) in [5.74, 6) is 1.11. The van der Waals surface area contributed by atoms with Gasteiger partial charge in [0.2, 0.25) is 0 Å². The number of halogens is 1. The normalized spacial score (nSPS) is 15.0. The lowest BCUT2D eigenvalue weighted by molar-refractivity contribution is 0.102. The minimum Gasteiger partial charge on any atom is -0.355 e. The number of aromatic nitrogens is 3. The van der Waals surface area contributed by atoms with Gasteiger partial charge in [-0.3, -0.25) is 4.79 Å². The number of nitrogens with zero attached hydrogens (tertiary/aromatic N) is 4. The van der Waals surface area contributed by atoms with Crippen LogP contribution in [-0.2, 0) is 0 Å². The Labute approximate surface area is 156 Å². The van der Waals surface area contributed by atoms with Crippen LogP contribution in [0.5, 0.6) is 0 Å². The van der Waals surface area contributed by atoms with E-state index in [4.69, 9.17) is 11.6 Å². The number of anilines is 2. The van der Waals surface area contributed by atoms with E-state index in [1.165, 1.54) is 25.7 Å². The van der Waals surface area contributed by atoms with Crippen LogP contribution >= 0.6 is 11.6 Å². The highest BCUT2D eigenvalue weighted by Crippen LogP contribution is 2.20. The predicted octanol–water partition coefficient (Wildman–Crippen LogP) is 4.02. The molecule has 0 unspecified atom stereocenters. The molecule has 1 amide bonds. The summed E-state index contributed by atoms with van der Waals surface area (Å²) < 4.78 is 1.71. The molecule has 0 atom stereocenters. The fourth-order valence-corrected chi connectivity index (χ4v) is 3.45. The molecule has 0 saturated carbocycles. The highest BCUT2D eigenvalue weighted by molar-refractivity contribution is 6.34. The van der Waals surface area contributed by atoms with E-state index in [9.17, 15) is 4.79 Å². The molecule has 1 saturated heterocycles. The molecule has 1 aliphatic heterocycles. The molecule has 1 aromatic carbocycles. The number of nitrogens with one attached hydrogen (secondary N) is 1. The van der Waals surface area contributed by atoms with Crippen molar-refractivity contribution in [2.45, 2.75) is 25.7 Å². The maximum atomic E-state index is 12.4. The van der Waals surface area contributed by atoms with Crippen LogP contribution in [0.2, 0.25) is 5.02 Å². The first kappa shape index (κ1) is 16.8. The molecule has 4 rings (SSSR count). The highest BCUT2D eigenvalue weighted by Gasteiger charge is 2.14. The molecular formula is C19H20ClN5O. The van der Waals surface area contributed by atoms with E-state index >= 15 is 0 Å². The SMILES string of the molecule is O=C(Nc1cn2nc(N3CCCCCC3)ccc2n1)c1ccccc1Cl. The Morgan fingerprint density at radius 1 is 1.04 bits per heavy atom. The Bertz CT molecular complexity index is 931. The smallest absolute Gasteiger partial charge is 0.258 e. The Kier molecular flexibility index (Phi) is 4.75. The first-order valence-corrected chi connectivity index (χ1v) is 9.26. The lowest BCUT2D eigenvalue weighted by Crippen LogP contribution is -2.25. The zero-order chi connectivity index (χ0) is 17.9. The first-order chi connectivity index (χ1) is 12.7. The molecule has 7 heteroatoms. The monoisotopic (exact) mass is 369 g/mol. The van der Waals surface area contributed by atoms with Crippen molar-refractivity contribution in [3.63, 3.8) is 0 Å². The molecule has 0 aliphatic carbocycles. The molecule has 1 aliphatic rings. The van der Waals surface area contributed by atoms with Gasteiger partial charge in [0.05, 0.1) is 16.8 Å². The van der Waals surface area contributed by atoms with Crippen molar-refractivity contribution in [3.05, 3.63) is 53.2 Å². The Balaban J connectivity index is 1.56. The summed E-state index contributed by atoms with van der Waals surface area (Å²) >= 11 is 6.08. The molecule has 0 radical (unpaired) electrons. The van der Waals surface area contributed by atoms with Crippen molar-refractivity contribution in [1.82, 2.24) is 14.6 Å². The van der Waals surface area contributed by atoms with E-state index in [0.29, 0.717) is 22.1 Å². The van der Waals surface area contributed by atoms with Crippen LogP contribution in [0.15, 0.2) is 42.6 Å². The summed E-state index contributed by atoms with van der Waals surface area (Å²) in [4.78, 5) is 19.1. The molecule has 6 nitrogen and oxygen atoms in total. The van der Waals surface area contributed by atoms with E-state index in [1.807, 2.05) is 12.1 Å². The zero-order valence-electron chi connectivity index (χ0n) is 14.4. The third-order valence-corrected chi connectivity index (χ3v) is 4.93. The average Bonchev–Trinajstić information content (AvgIpc) is 2.85. The first-order valence-electron chi connectivity index (χ1n) is 8.88. The lowest BCUT2D eigenvalue weighted by atomic mass is 10.2. The van der Waals surface area contributed by atoms with Crippen molar-refractivity contribution < 1.29 is 4.79 Å². The van der Waals surface area contributed by atoms with Gasteiger partial charge in [0.1, 0.15) is 5.82 Å². The maximum absolute atomic E-state index is 12.4. The maximum Gasteiger partial charge on any atom is 0.258 e. The number of hydrogen-bond acceptors (Lipinski definition) is 4. The van der Waals surface area contributed by atoms with Gasteiger partial charge in [-0.2, -0.15) is 0 Å². The second-order valence-electron chi connectivity index (χ2n) is 6.46. The van der Waals surface area contributed by atoms with Gasteiger partial charge < -0.3 is 10.2 Å². The summed E-state index contributed by atoms with van der Waals surface area (Å²) in [6.07, 6.45) is 6.68. The Morgan fingerprint density at radius 3 is 2.58 bits per heavy atom. The molecule has 0 bridgehead atoms. The molecule has 2 aromatic heterocycles. The Hall–Kier alpha value is -2.60. The van der Waals surface area contributed by atoms with Gasteiger partial charge in [0, 0.05) is 13.1 Å². The van der Waals surface area contributed by atoms with Crippen molar-refractivity contribution in [2.24, 2.45) is 0 Å². The quantitative estimate of drug-likeness (QED) is 0.757.